The van der Waals surface area contributed by atoms with Crippen LogP contribution in [-0.2, 0) is 0 Å². The molecule has 0 aliphatic heterocycles. The van der Waals surface area contributed by atoms with Crippen LogP contribution in [0.1, 0.15) is 0 Å². The summed E-state index contributed by atoms with van der Waals surface area (Å²) in [7, 11) is 0. The number of hydrogen-bond donors (Lipinski definition) is 1. The highest BCUT2D eigenvalue weighted by molar-refractivity contribution is 7.15. The Hall–Kier alpha value is -1.79. The fourth-order valence-corrected chi connectivity index (χ4v) is 2.84. The molecular formula is C12H8FN3S2. The van der Waals surface area contributed by atoms with Gasteiger partial charge >= 0.3 is 0 Å². The first-order valence-electron chi connectivity index (χ1n) is 5.20. The first kappa shape index (κ1) is 11.3. The number of anilines is 2. The number of aromatic nitrogens is 2. The van der Waals surface area contributed by atoms with Crippen molar-refractivity contribution in [2.75, 3.05) is 5.32 Å². The maximum absolute atomic E-state index is 13.5. The molecule has 3 aromatic rings. The van der Waals surface area contributed by atoms with Crippen LogP contribution in [-0.4, -0.2) is 9.97 Å². The molecule has 1 N–H and O–H groups in total. The minimum Gasteiger partial charge on any atom is -0.329 e. The van der Waals surface area contributed by atoms with E-state index >= 15 is 0 Å². The molecule has 1 aromatic carbocycles. The van der Waals surface area contributed by atoms with Crippen molar-refractivity contribution in [3.63, 3.8) is 0 Å². The maximum Gasteiger partial charge on any atom is 0.187 e. The number of nitrogens with one attached hydrogen (secondary N) is 1. The molecule has 0 atom stereocenters. The van der Waals surface area contributed by atoms with Crippen LogP contribution in [0.2, 0.25) is 0 Å². The Kier molecular flexibility index (Phi) is 3.04. The Morgan fingerprint density at radius 1 is 1.17 bits per heavy atom. The van der Waals surface area contributed by atoms with Gasteiger partial charge in [-0.3, -0.25) is 0 Å². The normalized spacial score (nSPS) is 10.5. The number of para-hydroxylation sites is 1. The van der Waals surface area contributed by atoms with E-state index in [2.05, 4.69) is 15.3 Å². The topological polar surface area (TPSA) is 37.8 Å². The van der Waals surface area contributed by atoms with Gasteiger partial charge < -0.3 is 5.32 Å². The van der Waals surface area contributed by atoms with E-state index < -0.39 is 0 Å². The summed E-state index contributed by atoms with van der Waals surface area (Å²) in [5.41, 5.74) is 1.24. The molecule has 0 aliphatic rings. The second-order valence-electron chi connectivity index (χ2n) is 3.48. The first-order chi connectivity index (χ1) is 8.83. The summed E-state index contributed by atoms with van der Waals surface area (Å²) in [6.07, 6.45) is 1.74. The van der Waals surface area contributed by atoms with Crippen molar-refractivity contribution in [3.8, 4) is 10.7 Å². The van der Waals surface area contributed by atoms with Crippen molar-refractivity contribution in [3.05, 3.63) is 47.0 Å². The number of halogens is 1. The van der Waals surface area contributed by atoms with E-state index in [1.54, 1.807) is 24.4 Å². The summed E-state index contributed by atoms with van der Waals surface area (Å²) in [5.74, 6) is -0.288. The fraction of sp³-hybridized carbons (Fsp3) is 0. The van der Waals surface area contributed by atoms with Crippen LogP contribution >= 0.6 is 22.7 Å². The third-order valence-electron chi connectivity index (χ3n) is 2.27. The van der Waals surface area contributed by atoms with E-state index in [1.165, 1.54) is 28.7 Å². The Balaban J connectivity index is 1.85. The van der Waals surface area contributed by atoms with Crippen molar-refractivity contribution in [1.82, 2.24) is 9.97 Å². The number of nitrogens with zero attached hydrogens (tertiary/aromatic N) is 2. The Morgan fingerprint density at radius 3 is 2.83 bits per heavy atom. The summed E-state index contributed by atoms with van der Waals surface area (Å²) in [6, 6.07) is 6.53. The molecule has 18 heavy (non-hydrogen) atoms. The van der Waals surface area contributed by atoms with Crippen LogP contribution in [0, 0.1) is 5.82 Å². The summed E-state index contributed by atoms with van der Waals surface area (Å²) in [5, 5.41) is 8.30. The lowest BCUT2D eigenvalue weighted by atomic mass is 10.3. The largest absolute Gasteiger partial charge is 0.329 e. The van der Waals surface area contributed by atoms with Gasteiger partial charge in [-0.2, -0.15) is 0 Å². The zero-order chi connectivity index (χ0) is 12.4. The van der Waals surface area contributed by atoms with Gasteiger partial charge in [0.1, 0.15) is 16.5 Å². The van der Waals surface area contributed by atoms with Crippen LogP contribution in [0.5, 0.6) is 0 Å². The zero-order valence-corrected chi connectivity index (χ0v) is 10.8. The van der Waals surface area contributed by atoms with Crippen molar-refractivity contribution in [1.29, 1.82) is 0 Å². The molecule has 0 aliphatic carbocycles. The average Bonchev–Trinajstić information content (AvgIpc) is 3.02. The van der Waals surface area contributed by atoms with Gasteiger partial charge in [0.15, 0.2) is 5.13 Å². The van der Waals surface area contributed by atoms with Crippen molar-refractivity contribution >= 4 is 33.5 Å². The lowest BCUT2D eigenvalue weighted by Gasteiger charge is -2.02. The molecule has 0 amide bonds. The number of thiazole rings is 2. The molecule has 0 radical (unpaired) electrons. The lowest BCUT2D eigenvalue weighted by molar-refractivity contribution is 0.632. The van der Waals surface area contributed by atoms with Crippen molar-refractivity contribution in [2.24, 2.45) is 0 Å². The Labute approximate surface area is 111 Å². The quantitative estimate of drug-likeness (QED) is 0.781. The molecule has 0 spiro atoms. The van der Waals surface area contributed by atoms with Gasteiger partial charge in [0.05, 0.1) is 5.69 Å². The van der Waals surface area contributed by atoms with Gasteiger partial charge in [-0.1, -0.05) is 12.1 Å². The highest BCUT2D eigenvalue weighted by Crippen LogP contribution is 2.28. The first-order valence-corrected chi connectivity index (χ1v) is 6.96. The summed E-state index contributed by atoms with van der Waals surface area (Å²) in [6.45, 7) is 0. The molecule has 0 bridgehead atoms. The van der Waals surface area contributed by atoms with E-state index in [0.29, 0.717) is 10.8 Å². The standard InChI is InChI=1S/C12H8FN3S2/c13-8-3-1-2-4-9(8)15-12-16-10(7-18-12)11-14-5-6-17-11/h1-7H,(H,15,16). The highest BCUT2D eigenvalue weighted by Gasteiger charge is 2.08. The monoisotopic (exact) mass is 277 g/mol. The van der Waals surface area contributed by atoms with E-state index in [0.717, 1.165) is 10.7 Å². The van der Waals surface area contributed by atoms with Crippen molar-refractivity contribution < 1.29 is 4.39 Å². The number of benzene rings is 1. The van der Waals surface area contributed by atoms with E-state index in [1.807, 2.05) is 10.8 Å². The number of rotatable bonds is 3. The predicted molar refractivity (Wildman–Crippen MR) is 72.9 cm³/mol. The van der Waals surface area contributed by atoms with Crippen LogP contribution in [0.15, 0.2) is 41.2 Å². The summed E-state index contributed by atoms with van der Waals surface area (Å²) >= 11 is 2.96. The second kappa shape index (κ2) is 4.83. The Bertz CT molecular complexity index is 649. The molecule has 2 heterocycles. The zero-order valence-electron chi connectivity index (χ0n) is 9.13. The van der Waals surface area contributed by atoms with Gasteiger partial charge in [-0.05, 0) is 12.1 Å². The summed E-state index contributed by atoms with van der Waals surface area (Å²) < 4.78 is 13.5. The third kappa shape index (κ3) is 2.25. The van der Waals surface area contributed by atoms with Crippen molar-refractivity contribution in [2.45, 2.75) is 0 Å². The molecule has 0 fully saturated rings. The minimum absolute atomic E-state index is 0.288. The van der Waals surface area contributed by atoms with Gasteiger partial charge in [-0.15, -0.1) is 22.7 Å². The van der Waals surface area contributed by atoms with Gasteiger partial charge in [-0.25, -0.2) is 14.4 Å². The highest BCUT2D eigenvalue weighted by atomic mass is 32.1. The average molecular weight is 277 g/mol. The smallest absolute Gasteiger partial charge is 0.187 e. The third-order valence-corrected chi connectivity index (χ3v) is 3.82. The summed E-state index contributed by atoms with van der Waals surface area (Å²) in [4.78, 5) is 8.56. The molecule has 2 aromatic heterocycles. The fourth-order valence-electron chi connectivity index (χ4n) is 1.46. The molecular weight excluding hydrogens is 269 g/mol. The molecule has 0 unspecified atom stereocenters. The second-order valence-corrected chi connectivity index (χ2v) is 5.23. The van der Waals surface area contributed by atoms with Crippen LogP contribution < -0.4 is 5.32 Å². The Morgan fingerprint density at radius 2 is 2.06 bits per heavy atom. The molecule has 0 saturated carbocycles. The lowest BCUT2D eigenvalue weighted by Crippen LogP contribution is -1.92. The van der Waals surface area contributed by atoms with Gasteiger partial charge in [0, 0.05) is 17.0 Å². The molecule has 3 rings (SSSR count). The van der Waals surface area contributed by atoms with Crippen LogP contribution in [0.3, 0.4) is 0 Å². The molecule has 6 heteroatoms. The van der Waals surface area contributed by atoms with E-state index in [4.69, 9.17) is 0 Å². The molecule has 90 valence electrons. The van der Waals surface area contributed by atoms with E-state index in [9.17, 15) is 4.39 Å². The SMILES string of the molecule is Fc1ccccc1Nc1nc(-c2nccs2)cs1. The maximum atomic E-state index is 13.5. The van der Waals surface area contributed by atoms with Crippen LogP contribution in [0.4, 0.5) is 15.2 Å². The van der Waals surface area contributed by atoms with E-state index in [-0.39, 0.29) is 5.82 Å². The van der Waals surface area contributed by atoms with Crippen LogP contribution in [0.25, 0.3) is 10.7 Å². The number of hydrogen-bond acceptors (Lipinski definition) is 5. The minimum atomic E-state index is -0.288. The van der Waals surface area contributed by atoms with Gasteiger partial charge in [0.25, 0.3) is 0 Å². The predicted octanol–water partition coefficient (Wildman–Crippen LogP) is 4.15. The molecule has 0 saturated heterocycles. The molecule has 3 nitrogen and oxygen atoms in total. The van der Waals surface area contributed by atoms with Gasteiger partial charge in [0.2, 0.25) is 0 Å².